The molecule has 0 spiro atoms. The molecule has 0 unspecified atom stereocenters. The van der Waals surface area contributed by atoms with E-state index in [1.165, 1.54) is 6.07 Å². The molecule has 5 rings (SSSR count). The second-order valence-electron chi connectivity index (χ2n) is 9.11. The van der Waals surface area contributed by atoms with E-state index in [0.717, 1.165) is 11.1 Å². The van der Waals surface area contributed by atoms with Crippen LogP contribution in [-0.4, -0.2) is 27.6 Å². The Hall–Kier alpha value is -5.50. The van der Waals surface area contributed by atoms with E-state index in [9.17, 15) is 14.7 Å². The zero-order chi connectivity index (χ0) is 28.6. The van der Waals surface area contributed by atoms with Crippen LogP contribution >= 0.6 is 0 Å². The summed E-state index contributed by atoms with van der Waals surface area (Å²) in [6.45, 7) is 2.14. The van der Waals surface area contributed by atoms with Crippen LogP contribution in [0.3, 0.4) is 0 Å². The Kier molecular flexibility index (Phi) is 8.30. The molecule has 5 aromatic rings. The second kappa shape index (κ2) is 12.6. The normalized spacial score (nSPS) is 11.2. The van der Waals surface area contributed by atoms with Crippen LogP contribution in [0.4, 0.5) is 0 Å². The molecule has 0 saturated carbocycles. The number of aromatic nitrogens is 1. The van der Waals surface area contributed by atoms with Crippen LogP contribution in [-0.2, 0) is 22.8 Å². The lowest BCUT2D eigenvalue weighted by Crippen LogP contribution is -2.16. The van der Waals surface area contributed by atoms with Crippen LogP contribution < -0.4 is 4.74 Å². The topological polar surface area (TPSA) is 111 Å². The maximum absolute atomic E-state index is 12.8. The minimum atomic E-state index is -1.27. The number of carbonyl (C=O) groups is 2. The molecule has 0 aliphatic heterocycles. The molecule has 8 heteroatoms. The standard InChI is InChI=1S/C33H26N2O6/c1-22-29(34-32(41-22)25-11-6-3-7-12-25)21-39-28-17-15-23(16-18-28)20-40-35-30(33(37)38)26-13-8-14-27(19-26)31(36)24-9-4-2-5-10-24/h2-19H,20-21H2,1H3,(H,37,38)/b35-30-. The first kappa shape index (κ1) is 27.1. The fraction of sp³-hybridized carbons (Fsp3) is 0.0909. The lowest BCUT2D eigenvalue weighted by atomic mass is 10.00. The summed E-state index contributed by atoms with van der Waals surface area (Å²) >= 11 is 0. The average Bonchev–Trinajstić information content (AvgIpc) is 3.39. The Labute approximate surface area is 236 Å². The molecule has 1 heterocycles. The van der Waals surface area contributed by atoms with Gasteiger partial charge in [-0.15, -0.1) is 0 Å². The number of oxime groups is 1. The van der Waals surface area contributed by atoms with Crippen molar-refractivity contribution < 1.29 is 28.7 Å². The van der Waals surface area contributed by atoms with Gasteiger partial charge in [-0.2, -0.15) is 0 Å². The molecule has 0 radical (unpaired) electrons. The molecule has 0 aliphatic rings. The maximum Gasteiger partial charge on any atom is 0.358 e. The molecule has 0 amide bonds. The van der Waals surface area contributed by atoms with Crippen molar-refractivity contribution in [3.63, 3.8) is 0 Å². The summed E-state index contributed by atoms with van der Waals surface area (Å²) in [5, 5.41) is 13.6. The Morgan fingerprint density at radius 2 is 1.46 bits per heavy atom. The lowest BCUT2D eigenvalue weighted by molar-refractivity contribution is -0.129. The maximum atomic E-state index is 12.8. The first-order valence-corrected chi connectivity index (χ1v) is 12.8. The molecule has 8 nitrogen and oxygen atoms in total. The summed E-state index contributed by atoms with van der Waals surface area (Å²) in [5.41, 5.74) is 3.20. The van der Waals surface area contributed by atoms with E-state index in [2.05, 4.69) is 10.1 Å². The monoisotopic (exact) mass is 546 g/mol. The van der Waals surface area contributed by atoms with Gasteiger partial charge in [-0.05, 0) is 42.8 Å². The number of carbonyl (C=O) groups excluding carboxylic acids is 1. The van der Waals surface area contributed by atoms with Gasteiger partial charge in [-0.3, -0.25) is 4.79 Å². The van der Waals surface area contributed by atoms with E-state index in [1.807, 2.05) is 43.3 Å². The largest absolute Gasteiger partial charge is 0.487 e. The summed E-state index contributed by atoms with van der Waals surface area (Å²) in [5.74, 6) is 0.389. The molecule has 204 valence electrons. The quantitative estimate of drug-likeness (QED) is 0.115. The summed E-state index contributed by atoms with van der Waals surface area (Å²) in [4.78, 5) is 34.6. The molecule has 4 aromatic carbocycles. The number of carboxylic acids is 1. The number of carboxylic acid groups (broad SMARTS) is 1. The predicted molar refractivity (Wildman–Crippen MR) is 153 cm³/mol. The highest BCUT2D eigenvalue weighted by molar-refractivity contribution is 6.42. The van der Waals surface area contributed by atoms with E-state index in [0.29, 0.717) is 34.2 Å². The Bertz CT molecular complexity index is 1680. The summed E-state index contributed by atoms with van der Waals surface area (Å²) in [7, 11) is 0. The predicted octanol–water partition coefficient (Wildman–Crippen LogP) is 6.47. The number of oxazole rings is 1. The molecule has 1 aromatic heterocycles. The van der Waals surface area contributed by atoms with Crippen LogP contribution in [0.1, 0.15) is 38.5 Å². The molecular weight excluding hydrogens is 520 g/mol. The van der Waals surface area contributed by atoms with E-state index in [-0.39, 0.29) is 30.3 Å². The number of hydrogen-bond donors (Lipinski definition) is 1. The van der Waals surface area contributed by atoms with Gasteiger partial charge in [0.05, 0.1) is 0 Å². The fourth-order valence-corrected chi connectivity index (χ4v) is 4.05. The number of ketones is 1. The van der Waals surface area contributed by atoms with Gasteiger partial charge in [0.25, 0.3) is 0 Å². The average molecular weight is 547 g/mol. The first-order valence-electron chi connectivity index (χ1n) is 12.8. The number of ether oxygens (including phenoxy) is 1. The van der Waals surface area contributed by atoms with Gasteiger partial charge in [0, 0.05) is 22.3 Å². The lowest BCUT2D eigenvalue weighted by Gasteiger charge is -2.07. The van der Waals surface area contributed by atoms with Crippen LogP contribution in [0.2, 0.25) is 0 Å². The van der Waals surface area contributed by atoms with Crippen molar-refractivity contribution >= 4 is 17.5 Å². The number of benzene rings is 4. The molecule has 0 saturated heterocycles. The third-order valence-electron chi connectivity index (χ3n) is 6.24. The summed E-state index contributed by atoms with van der Waals surface area (Å²) in [6.07, 6.45) is 0. The number of aryl methyl sites for hydroxylation is 1. The van der Waals surface area contributed by atoms with E-state index in [4.69, 9.17) is 14.0 Å². The molecule has 1 N–H and O–H groups in total. The molecule has 0 bridgehead atoms. The fourth-order valence-electron chi connectivity index (χ4n) is 4.05. The molecule has 0 fully saturated rings. The van der Waals surface area contributed by atoms with Gasteiger partial charge >= 0.3 is 5.97 Å². The van der Waals surface area contributed by atoms with Gasteiger partial charge in [0.15, 0.2) is 11.5 Å². The molecular formula is C33H26N2O6. The first-order chi connectivity index (χ1) is 20.0. The van der Waals surface area contributed by atoms with Gasteiger partial charge in [-0.1, -0.05) is 84.0 Å². The van der Waals surface area contributed by atoms with Crippen LogP contribution in [0, 0.1) is 6.92 Å². The molecule has 0 atom stereocenters. The molecule has 41 heavy (non-hydrogen) atoms. The third-order valence-corrected chi connectivity index (χ3v) is 6.24. The zero-order valence-corrected chi connectivity index (χ0v) is 22.2. The summed E-state index contributed by atoms with van der Waals surface area (Å²) < 4.78 is 11.7. The van der Waals surface area contributed by atoms with Crippen molar-refractivity contribution in [2.75, 3.05) is 0 Å². The third kappa shape index (κ3) is 6.75. The van der Waals surface area contributed by atoms with Crippen molar-refractivity contribution in [2.24, 2.45) is 5.16 Å². The van der Waals surface area contributed by atoms with Crippen LogP contribution in [0.25, 0.3) is 11.5 Å². The van der Waals surface area contributed by atoms with Crippen molar-refractivity contribution in [3.8, 4) is 17.2 Å². The Balaban J connectivity index is 1.20. The van der Waals surface area contributed by atoms with Crippen molar-refractivity contribution in [2.45, 2.75) is 20.1 Å². The Morgan fingerprint density at radius 1 is 0.805 bits per heavy atom. The second-order valence-corrected chi connectivity index (χ2v) is 9.11. The summed E-state index contributed by atoms with van der Waals surface area (Å²) in [6, 6.07) is 31.9. The number of nitrogens with zero attached hydrogens (tertiary/aromatic N) is 2. The van der Waals surface area contributed by atoms with E-state index < -0.39 is 5.97 Å². The minimum absolute atomic E-state index is 0.0442. The Morgan fingerprint density at radius 3 is 2.17 bits per heavy atom. The highest BCUT2D eigenvalue weighted by Gasteiger charge is 2.17. The SMILES string of the molecule is Cc1oc(-c2ccccc2)nc1COc1ccc(CO/N=C(\C(=O)O)c2cccc(C(=O)c3ccccc3)c2)cc1. The highest BCUT2D eigenvalue weighted by Crippen LogP contribution is 2.23. The van der Waals surface area contributed by atoms with Crippen molar-refractivity contribution in [1.29, 1.82) is 0 Å². The van der Waals surface area contributed by atoms with Crippen LogP contribution in [0.15, 0.2) is 119 Å². The van der Waals surface area contributed by atoms with Crippen LogP contribution in [0.5, 0.6) is 5.75 Å². The van der Waals surface area contributed by atoms with E-state index in [1.54, 1.807) is 66.7 Å². The smallest absolute Gasteiger partial charge is 0.358 e. The van der Waals surface area contributed by atoms with Gasteiger partial charge in [-0.25, -0.2) is 9.78 Å². The van der Waals surface area contributed by atoms with Crippen molar-refractivity contribution in [3.05, 3.63) is 143 Å². The number of rotatable bonds is 11. The zero-order valence-electron chi connectivity index (χ0n) is 22.2. The highest BCUT2D eigenvalue weighted by atomic mass is 16.6. The van der Waals surface area contributed by atoms with Gasteiger partial charge in [0.2, 0.25) is 5.89 Å². The van der Waals surface area contributed by atoms with Crippen molar-refractivity contribution in [1.82, 2.24) is 4.98 Å². The van der Waals surface area contributed by atoms with Gasteiger partial charge < -0.3 is 19.1 Å². The minimum Gasteiger partial charge on any atom is -0.487 e. The van der Waals surface area contributed by atoms with E-state index >= 15 is 0 Å². The van der Waals surface area contributed by atoms with Gasteiger partial charge in [0.1, 0.15) is 30.4 Å². The number of aliphatic carboxylic acids is 1. The molecule has 0 aliphatic carbocycles. The number of hydrogen-bond acceptors (Lipinski definition) is 7.